The van der Waals surface area contributed by atoms with Crippen LogP contribution >= 0.6 is 0 Å². The van der Waals surface area contributed by atoms with Crippen molar-refractivity contribution in [3.8, 4) is 0 Å². The maximum Gasteiger partial charge on any atom is 0.188 e. The van der Waals surface area contributed by atoms with Gasteiger partial charge in [-0.15, -0.1) is 0 Å². The van der Waals surface area contributed by atoms with Gasteiger partial charge < -0.3 is 13.9 Å². The van der Waals surface area contributed by atoms with Crippen LogP contribution in [-0.4, -0.2) is 12.9 Å². The summed E-state index contributed by atoms with van der Waals surface area (Å²) in [5, 5.41) is 0. The van der Waals surface area contributed by atoms with Crippen molar-refractivity contribution in [1.82, 2.24) is 0 Å². The van der Waals surface area contributed by atoms with Gasteiger partial charge in [-0.1, -0.05) is 42.5 Å². The minimum atomic E-state index is -0.661. The largest absolute Gasteiger partial charge is 0.466 e. The van der Waals surface area contributed by atoms with Crippen molar-refractivity contribution in [3.05, 3.63) is 105 Å². The molecule has 0 bridgehead atoms. The standard InChI is InChI=1S/C24H23FO4/c25-19-11-9-18(10-12-19)23(29-22-8-4-5-14-27-22)24-20(21(26)13-15-28-24)16-17-6-2-1-3-7-17/h1-3,6-7,9-13,15,22-23H,4-5,8,14,16H2. The van der Waals surface area contributed by atoms with Crippen LogP contribution in [0.2, 0.25) is 0 Å². The van der Waals surface area contributed by atoms with Crippen LogP contribution in [0.3, 0.4) is 0 Å². The minimum Gasteiger partial charge on any atom is -0.466 e. The Morgan fingerprint density at radius 3 is 2.55 bits per heavy atom. The second-order valence-corrected chi connectivity index (χ2v) is 7.15. The molecule has 2 aromatic carbocycles. The molecule has 1 aliphatic rings. The van der Waals surface area contributed by atoms with Crippen molar-refractivity contribution in [2.75, 3.05) is 6.61 Å². The molecule has 2 atom stereocenters. The fraction of sp³-hybridized carbons (Fsp3) is 0.292. The molecular formula is C24H23FO4. The van der Waals surface area contributed by atoms with Crippen LogP contribution in [0.5, 0.6) is 0 Å². The van der Waals surface area contributed by atoms with Crippen LogP contribution in [0.15, 0.2) is 76.1 Å². The Balaban J connectivity index is 1.74. The normalized spacial score (nSPS) is 17.8. The first kappa shape index (κ1) is 19.6. The van der Waals surface area contributed by atoms with E-state index in [0.717, 1.165) is 24.8 Å². The van der Waals surface area contributed by atoms with Gasteiger partial charge in [-0.3, -0.25) is 4.79 Å². The summed E-state index contributed by atoms with van der Waals surface area (Å²) in [6.45, 7) is 0.635. The summed E-state index contributed by atoms with van der Waals surface area (Å²) in [6, 6.07) is 17.2. The molecule has 0 saturated carbocycles. The molecular weight excluding hydrogens is 371 g/mol. The van der Waals surface area contributed by atoms with Gasteiger partial charge in [0.15, 0.2) is 11.7 Å². The molecule has 4 rings (SSSR count). The van der Waals surface area contributed by atoms with Gasteiger partial charge in [-0.25, -0.2) is 4.39 Å². The third kappa shape index (κ3) is 4.81. The Kier molecular flexibility index (Phi) is 6.17. The second-order valence-electron chi connectivity index (χ2n) is 7.15. The Morgan fingerprint density at radius 1 is 1.03 bits per heavy atom. The van der Waals surface area contributed by atoms with Crippen molar-refractivity contribution >= 4 is 0 Å². The highest BCUT2D eigenvalue weighted by molar-refractivity contribution is 5.33. The van der Waals surface area contributed by atoms with Gasteiger partial charge in [-0.05, 0) is 42.5 Å². The molecule has 0 radical (unpaired) electrons. The van der Waals surface area contributed by atoms with Gasteiger partial charge in [0.2, 0.25) is 0 Å². The fourth-order valence-electron chi connectivity index (χ4n) is 3.56. The lowest BCUT2D eigenvalue weighted by Gasteiger charge is -2.28. The molecule has 2 unspecified atom stereocenters. The van der Waals surface area contributed by atoms with Gasteiger partial charge in [0, 0.05) is 24.7 Å². The zero-order valence-electron chi connectivity index (χ0n) is 16.1. The van der Waals surface area contributed by atoms with Crippen molar-refractivity contribution in [1.29, 1.82) is 0 Å². The molecule has 1 aliphatic heterocycles. The molecule has 2 heterocycles. The van der Waals surface area contributed by atoms with Crippen LogP contribution in [0, 0.1) is 5.82 Å². The summed E-state index contributed by atoms with van der Waals surface area (Å²) in [5.41, 5.74) is 2.13. The molecule has 3 aromatic rings. The molecule has 29 heavy (non-hydrogen) atoms. The molecule has 0 amide bonds. The third-order valence-corrected chi connectivity index (χ3v) is 5.07. The highest BCUT2D eigenvalue weighted by atomic mass is 19.1. The van der Waals surface area contributed by atoms with Gasteiger partial charge in [0.25, 0.3) is 0 Å². The lowest BCUT2D eigenvalue weighted by molar-refractivity contribution is -0.184. The third-order valence-electron chi connectivity index (χ3n) is 5.07. The molecule has 0 spiro atoms. The maximum atomic E-state index is 13.5. The zero-order valence-corrected chi connectivity index (χ0v) is 16.1. The Labute approximate surface area is 168 Å². The number of hydrogen-bond donors (Lipinski definition) is 0. The minimum absolute atomic E-state index is 0.115. The number of benzene rings is 2. The van der Waals surface area contributed by atoms with Gasteiger partial charge in [0.1, 0.15) is 17.7 Å². The molecule has 5 heteroatoms. The van der Waals surface area contributed by atoms with Gasteiger partial charge in [0.05, 0.1) is 6.26 Å². The highest BCUT2D eigenvalue weighted by Gasteiger charge is 2.27. The predicted molar refractivity (Wildman–Crippen MR) is 107 cm³/mol. The number of ether oxygens (including phenoxy) is 2. The van der Waals surface area contributed by atoms with E-state index in [4.69, 9.17) is 13.9 Å². The van der Waals surface area contributed by atoms with E-state index in [1.807, 2.05) is 30.3 Å². The molecule has 0 N–H and O–H groups in total. The summed E-state index contributed by atoms with van der Waals surface area (Å²) < 4.78 is 31.3. The van der Waals surface area contributed by atoms with E-state index in [9.17, 15) is 9.18 Å². The first-order valence-electron chi connectivity index (χ1n) is 9.88. The summed E-state index contributed by atoms with van der Waals surface area (Å²) in [4.78, 5) is 12.7. The van der Waals surface area contributed by atoms with Crippen LogP contribution in [0.1, 0.15) is 47.8 Å². The van der Waals surface area contributed by atoms with Crippen molar-refractivity contribution in [2.45, 2.75) is 38.1 Å². The van der Waals surface area contributed by atoms with Crippen molar-refractivity contribution in [3.63, 3.8) is 0 Å². The molecule has 1 fully saturated rings. The SMILES string of the molecule is O=c1ccoc(C(OC2CCCCO2)c2ccc(F)cc2)c1Cc1ccccc1. The van der Waals surface area contributed by atoms with E-state index in [2.05, 4.69) is 0 Å². The van der Waals surface area contributed by atoms with Crippen LogP contribution in [0.25, 0.3) is 0 Å². The first-order valence-corrected chi connectivity index (χ1v) is 9.88. The summed E-state index contributed by atoms with van der Waals surface area (Å²) >= 11 is 0. The highest BCUT2D eigenvalue weighted by Crippen LogP contribution is 2.32. The first-order chi connectivity index (χ1) is 14.2. The zero-order chi connectivity index (χ0) is 20.1. The maximum absolute atomic E-state index is 13.5. The van der Waals surface area contributed by atoms with Crippen molar-refractivity contribution < 1.29 is 18.3 Å². The molecule has 4 nitrogen and oxygen atoms in total. The molecule has 150 valence electrons. The smallest absolute Gasteiger partial charge is 0.188 e. The monoisotopic (exact) mass is 394 g/mol. The number of hydrogen-bond acceptors (Lipinski definition) is 4. The lowest BCUT2D eigenvalue weighted by Crippen LogP contribution is -2.26. The number of halogens is 1. The van der Waals surface area contributed by atoms with E-state index >= 15 is 0 Å². The van der Waals surface area contributed by atoms with Crippen LogP contribution < -0.4 is 5.43 Å². The lowest BCUT2D eigenvalue weighted by atomic mass is 9.98. The second kappa shape index (κ2) is 9.16. The van der Waals surface area contributed by atoms with Crippen LogP contribution in [0.4, 0.5) is 4.39 Å². The van der Waals surface area contributed by atoms with E-state index in [-0.39, 0.29) is 11.2 Å². The molecule has 1 aromatic heterocycles. The average Bonchev–Trinajstić information content (AvgIpc) is 2.76. The van der Waals surface area contributed by atoms with E-state index in [1.54, 1.807) is 12.1 Å². The Bertz CT molecular complexity index is 976. The Morgan fingerprint density at radius 2 is 1.83 bits per heavy atom. The average molecular weight is 394 g/mol. The fourth-order valence-corrected chi connectivity index (χ4v) is 3.56. The van der Waals surface area contributed by atoms with E-state index in [0.29, 0.717) is 29.9 Å². The van der Waals surface area contributed by atoms with E-state index < -0.39 is 12.4 Å². The summed E-state index contributed by atoms with van der Waals surface area (Å²) in [6.07, 6.45) is 3.53. The predicted octanol–water partition coefficient (Wildman–Crippen LogP) is 5.00. The van der Waals surface area contributed by atoms with E-state index in [1.165, 1.54) is 24.5 Å². The quantitative estimate of drug-likeness (QED) is 0.590. The Hall–Kier alpha value is -2.76. The molecule has 1 saturated heterocycles. The van der Waals surface area contributed by atoms with Gasteiger partial charge in [-0.2, -0.15) is 0 Å². The summed E-state index contributed by atoms with van der Waals surface area (Å²) in [7, 11) is 0. The summed E-state index contributed by atoms with van der Waals surface area (Å²) in [5.74, 6) is 0.0996. The topological polar surface area (TPSA) is 48.7 Å². The van der Waals surface area contributed by atoms with Crippen LogP contribution in [-0.2, 0) is 15.9 Å². The van der Waals surface area contributed by atoms with Crippen molar-refractivity contribution in [2.24, 2.45) is 0 Å². The molecule has 0 aliphatic carbocycles. The number of rotatable bonds is 6. The van der Waals surface area contributed by atoms with Gasteiger partial charge >= 0.3 is 0 Å².